The molecule has 30 heavy (non-hydrogen) atoms. The summed E-state index contributed by atoms with van der Waals surface area (Å²) in [5.74, 6) is -2.40. The number of amides is 2. The molecule has 7 nitrogen and oxygen atoms in total. The summed E-state index contributed by atoms with van der Waals surface area (Å²) in [6.07, 6.45) is 1.19. The van der Waals surface area contributed by atoms with E-state index in [9.17, 15) is 24.0 Å². The van der Waals surface area contributed by atoms with Gasteiger partial charge in [0.05, 0.1) is 18.2 Å². The Morgan fingerprint density at radius 2 is 1.97 bits per heavy atom. The molecule has 1 aliphatic heterocycles. The van der Waals surface area contributed by atoms with E-state index < -0.39 is 37.2 Å². The minimum Gasteiger partial charge on any atom is -0.493 e. The molecule has 0 bridgehead atoms. The van der Waals surface area contributed by atoms with Crippen LogP contribution in [0, 0.1) is 5.82 Å². The van der Waals surface area contributed by atoms with Crippen LogP contribution >= 0.6 is 0 Å². The molecular weight excluding hydrogens is 390 g/mol. The number of carbonyl (C=O) groups is 2. The maximum absolute atomic E-state index is 14.1. The first-order chi connectivity index (χ1) is 14.4. The van der Waals surface area contributed by atoms with Crippen LogP contribution in [-0.4, -0.2) is 48.1 Å². The van der Waals surface area contributed by atoms with Crippen molar-refractivity contribution in [3.63, 3.8) is 0 Å². The second kappa shape index (κ2) is 9.56. The number of para-hydroxylation sites is 2. The van der Waals surface area contributed by atoms with Crippen LogP contribution in [0.15, 0.2) is 61.2 Å². The number of hydrogen-bond donors (Lipinski definition) is 3. The smallest absolute Gasteiger partial charge is 0.475 e. The lowest BCUT2D eigenvalue weighted by atomic mass is 9.73. The zero-order valence-electron chi connectivity index (χ0n) is 16.2. The Morgan fingerprint density at radius 1 is 1.27 bits per heavy atom. The second-order valence-electron chi connectivity index (χ2n) is 6.95. The average Bonchev–Trinajstić information content (AvgIpc) is 3.14. The SMILES string of the molecule is C=CC(=O)N(CC(=O)N[C@@H](CC1COc2ccccc21)B(O)O)c1ccccc1F. The van der Waals surface area contributed by atoms with Gasteiger partial charge in [-0.25, -0.2) is 4.39 Å². The molecule has 0 fully saturated rings. The number of nitrogens with one attached hydrogen (secondary N) is 1. The number of halogens is 1. The van der Waals surface area contributed by atoms with E-state index >= 15 is 0 Å². The topological polar surface area (TPSA) is 99.1 Å². The number of rotatable bonds is 8. The molecule has 1 aliphatic rings. The molecule has 0 saturated heterocycles. The van der Waals surface area contributed by atoms with Crippen molar-refractivity contribution in [3.05, 3.63) is 72.6 Å². The van der Waals surface area contributed by atoms with Gasteiger partial charge in [-0.15, -0.1) is 0 Å². The van der Waals surface area contributed by atoms with E-state index in [0.717, 1.165) is 22.3 Å². The Kier molecular flexibility index (Phi) is 6.86. The van der Waals surface area contributed by atoms with Crippen molar-refractivity contribution in [1.82, 2.24) is 5.32 Å². The molecule has 156 valence electrons. The molecule has 9 heteroatoms. The van der Waals surface area contributed by atoms with E-state index in [1.165, 1.54) is 24.3 Å². The summed E-state index contributed by atoms with van der Waals surface area (Å²) in [6, 6.07) is 13.0. The number of ether oxygens (including phenoxy) is 1. The van der Waals surface area contributed by atoms with Crippen LogP contribution < -0.4 is 15.0 Å². The predicted molar refractivity (Wildman–Crippen MR) is 110 cm³/mol. The third kappa shape index (κ3) is 4.87. The monoisotopic (exact) mass is 412 g/mol. The summed E-state index contributed by atoms with van der Waals surface area (Å²) < 4.78 is 19.7. The molecule has 3 rings (SSSR count). The highest BCUT2D eigenvalue weighted by molar-refractivity contribution is 6.43. The quantitative estimate of drug-likeness (QED) is 0.450. The van der Waals surface area contributed by atoms with Crippen LogP contribution in [0.25, 0.3) is 0 Å². The van der Waals surface area contributed by atoms with Crippen LogP contribution in [-0.2, 0) is 9.59 Å². The molecule has 0 spiro atoms. The summed E-state index contributed by atoms with van der Waals surface area (Å²) in [6.45, 7) is 3.23. The average molecular weight is 412 g/mol. The first kappa shape index (κ1) is 21.5. The molecule has 3 N–H and O–H groups in total. The van der Waals surface area contributed by atoms with Gasteiger partial charge in [-0.3, -0.25) is 14.5 Å². The lowest BCUT2D eigenvalue weighted by Gasteiger charge is -2.24. The Bertz CT molecular complexity index is 939. The normalized spacial score (nSPS) is 15.5. The third-order valence-corrected chi connectivity index (χ3v) is 4.93. The van der Waals surface area contributed by atoms with E-state index in [2.05, 4.69) is 11.9 Å². The molecule has 0 saturated carbocycles. The zero-order chi connectivity index (χ0) is 21.7. The number of fused-ring (bicyclic) bond motifs is 1. The Balaban J connectivity index is 1.71. The fourth-order valence-corrected chi connectivity index (χ4v) is 3.44. The summed E-state index contributed by atoms with van der Waals surface area (Å²) in [4.78, 5) is 25.7. The second-order valence-corrected chi connectivity index (χ2v) is 6.95. The van der Waals surface area contributed by atoms with E-state index in [0.29, 0.717) is 6.61 Å². The van der Waals surface area contributed by atoms with E-state index in [4.69, 9.17) is 4.74 Å². The molecule has 2 amide bonds. The standard InChI is InChI=1S/C21H22BFN2O5/c1-2-21(27)25(17-9-5-4-8-16(17)23)12-20(26)24-19(22(28)29)11-14-13-30-18-10-6-3-7-15(14)18/h2-10,14,19,28-29H,1,11-13H2,(H,24,26)/t14?,19-/m0/s1. The lowest BCUT2D eigenvalue weighted by Crippen LogP contribution is -2.51. The Labute approximate surface area is 173 Å². The Hall–Kier alpha value is -3.17. The number of anilines is 1. The fourth-order valence-electron chi connectivity index (χ4n) is 3.44. The van der Waals surface area contributed by atoms with Crippen molar-refractivity contribution in [2.45, 2.75) is 18.3 Å². The van der Waals surface area contributed by atoms with Gasteiger partial charge in [0.2, 0.25) is 5.91 Å². The fraction of sp³-hybridized carbons (Fsp3) is 0.238. The van der Waals surface area contributed by atoms with Crippen molar-refractivity contribution in [1.29, 1.82) is 0 Å². The minimum atomic E-state index is -1.82. The van der Waals surface area contributed by atoms with Gasteiger partial charge < -0.3 is 20.1 Å². The van der Waals surface area contributed by atoms with Gasteiger partial charge >= 0.3 is 7.12 Å². The zero-order valence-corrected chi connectivity index (χ0v) is 16.2. The van der Waals surface area contributed by atoms with Gasteiger partial charge in [0, 0.05) is 11.5 Å². The van der Waals surface area contributed by atoms with E-state index in [1.807, 2.05) is 24.3 Å². The van der Waals surface area contributed by atoms with Gasteiger partial charge in [-0.05, 0) is 30.7 Å². The van der Waals surface area contributed by atoms with Crippen LogP contribution in [0.1, 0.15) is 17.9 Å². The van der Waals surface area contributed by atoms with Crippen LogP contribution in [0.5, 0.6) is 5.75 Å². The first-order valence-corrected chi connectivity index (χ1v) is 9.46. The Morgan fingerprint density at radius 3 is 2.67 bits per heavy atom. The van der Waals surface area contributed by atoms with Crippen LogP contribution in [0.3, 0.4) is 0 Å². The minimum absolute atomic E-state index is 0.0724. The van der Waals surface area contributed by atoms with Gasteiger partial charge in [0.1, 0.15) is 18.1 Å². The maximum atomic E-state index is 14.1. The van der Waals surface area contributed by atoms with Gasteiger partial charge in [-0.2, -0.15) is 0 Å². The summed E-state index contributed by atoms with van der Waals surface area (Å²) in [5.41, 5.74) is 0.851. The highest BCUT2D eigenvalue weighted by Crippen LogP contribution is 2.36. The third-order valence-electron chi connectivity index (χ3n) is 4.93. The van der Waals surface area contributed by atoms with E-state index in [-0.39, 0.29) is 18.0 Å². The van der Waals surface area contributed by atoms with Crippen LogP contribution in [0.4, 0.5) is 10.1 Å². The molecule has 2 atom stereocenters. The van der Waals surface area contributed by atoms with Gasteiger partial charge in [0.25, 0.3) is 5.91 Å². The summed E-state index contributed by atoms with van der Waals surface area (Å²) in [7, 11) is -1.82. The van der Waals surface area contributed by atoms with Crippen molar-refractivity contribution in [3.8, 4) is 5.75 Å². The first-order valence-electron chi connectivity index (χ1n) is 9.46. The van der Waals surface area contributed by atoms with Crippen molar-refractivity contribution < 1.29 is 28.8 Å². The van der Waals surface area contributed by atoms with E-state index in [1.54, 1.807) is 0 Å². The molecule has 0 radical (unpaired) electrons. The molecule has 0 aromatic heterocycles. The molecule has 0 aliphatic carbocycles. The summed E-state index contributed by atoms with van der Waals surface area (Å²) in [5, 5.41) is 22.1. The predicted octanol–water partition coefficient (Wildman–Crippen LogP) is 1.41. The molecule has 2 aromatic carbocycles. The molecule has 1 unspecified atom stereocenters. The molecule has 2 aromatic rings. The van der Waals surface area contributed by atoms with Gasteiger partial charge in [-0.1, -0.05) is 36.9 Å². The largest absolute Gasteiger partial charge is 0.493 e. The highest BCUT2D eigenvalue weighted by Gasteiger charge is 2.33. The van der Waals surface area contributed by atoms with Gasteiger partial charge in [0.15, 0.2) is 0 Å². The summed E-state index contributed by atoms with van der Waals surface area (Å²) >= 11 is 0. The number of benzene rings is 2. The number of carbonyl (C=O) groups excluding carboxylic acids is 2. The number of nitrogens with zero attached hydrogens (tertiary/aromatic N) is 1. The van der Waals surface area contributed by atoms with Crippen molar-refractivity contribution in [2.75, 3.05) is 18.1 Å². The van der Waals surface area contributed by atoms with Crippen molar-refractivity contribution in [2.24, 2.45) is 0 Å². The van der Waals surface area contributed by atoms with Crippen molar-refractivity contribution >= 4 is 24.6 Å². The number of hydrogen-bond acceptors (Lipinski definition) is 5. The van der Waals surface area contributed by atoms with Crippen LogP contribution in [0.2, 0.25) is 0 Å². The molecular formula is C21H22BFN2O5. The molecule has 1 heterocycles. The maximum Gasteiger partial charge on any atom is 0.475 e. The lowest BCUT2D eigenvalue weighted by molar-refractivity contribution is -0.122. The highest BCUT2D eigenvalue weighted by atomic mass is 19.1.